The molecular formula is C10H6ClF3N2O2. The standard InChI is InChI=1S/C10H6ClF3N2O2/c11-5-8-15-9(18-16-8)6-2-1-3-7(4-6)17-10(12,13)14/h1-4H,5H2. The lowest BCUT2D eigenvalue weighted by Gasteiger charge is -2.08. The van der Waals surface area contributed by atoms with E-state index >= 15 is 0 Å². The molecule has 0 aliphatic carbocycles. The number of aromatic nitrogens is 2. The van der Waals surface area contributed by atoms with Crippen LogP contribution in [0.2, 0.25) is 0 Å². The Labute approximate surface area is 104 Å². The number of nitrogens with zero attached hydrogens (tertiary/aromatic N) is 2. The van der Waals surface area contributed by atoms with Crippen molar-refractivity contribution in [1.29, 1.82) is 0 Å². The van der Waals surface area contributed by atoms with Gasteiger partial charge in [-0.05, 0) is 18.2 Å². The molecule has 2 aromatic rings. The quantitative estimate of drug-likeness (QED) is 0.808. The van der Waals surface area contributed by atoms with Gasteiger partial charge in [0.1, 0.15) is 5.75 Å². The van der Waals surface area contributed by atoms with Gasteiger partial charge in [0, 0.05) is 5.56 Å². The van der Waals surface area contributed by atoms with E-state index in [1.165, 1.54) is 18.2 Å². The van der Waals surface area contributed by atoms with E-state index in [1.54, 1.807) is 0 Å². The molecule has 0 unspecified atom stereocenters. The highest BCUT2D eigenvalue weighted by Crippen LogP contribution is 2.27. The molecule has 0 N–H and O–H groups in total. The molecule has 1 heterocycles. The van der Waals surface area contributed by atoms with Crippen LogP contribution in [0.5, 0.6) is 5.75 Å². The van der Waals surface area contributed by atoms with Crippen molar-refractivity contribution in [1.82, 2.24) is 10.1 Å². The van der Waals surface area contributed by atoms with Gasteiger partial charge in [0.15, 0.2) is 5.82 Å². The summed E-state index contributed by atoms with van der Waals surface area (Å²) >= 11 is 5.49. The Hall–Kier alpha value is -1.76. The Morgan fingerprint density at radius 3 is 2.72 bits per heavy atom. The van der Waals surface area contributed by atoms with Crippen molar-refractivity contribution in [3.63, 3.8) is 0 Å². The van der Waals surface area contributed by atoms with Crippen LogP contribution in [0.15, 0.2) is 28.8 Å². The van der Waals surface area contributed by atoms with Crippen LogP contribution in [-0.2, 0) is 5.88 Å². The third kappa shape index (κ3) is 3.13. The lowest BCUT2D eigenvalue weighted by Crippen LogP contribution is -2.17. The molecule has 0 amide bonds. The molecule has 0 radical (unpaired) electrons. The number of ether oxygens (including phenoxy) is 1. The van der Waals surface area contributed by atoms with Gasteiger partial charge in [0.05, 0.1) is 5.88 Å². The minimum Gasteiger partial charge on any atom is -0.406 e. The Balaban J connectivity index is 2.26. The maximum atomic E-state index is 12.0. The third-order valence-electron chi connectivity index (χ3n) is 1.90. The van der Waals surface area contributed by atoms with Gasteiger partial charge in [-0.25, -0.2) is 0 Å². The minimum atomic E-state index is -4.74. The summed E-state index contributed by atoms with van der Waals surface area (Å²) in [4.78, 5) is 3.89. The molecule has 8 heteroatoms. The first kappa shape index (κ1) is 12.7. The maximum Gasteiger partial charge on any atom is 0.573 e. The van der Waals surface area contributed by atoms with E-state index in [2.05, 4.69) is 14.9 Å². The molecule has 0 bridgehead atoms. The first-order chi connectivity index (χ1) is 8.48. The summed E-state index contributed by atoms with van der Waals surface area (Å²) in [6.07, 6.45) is -4.74. The van der Waals surface area contributed by atoms with E-state index in [-0.39, 0.29) is 23.3 Å². The molecule has 1 aromatic heterocycles. The summed E-state index contributed by atoms with van der Waals surface area (Å²) in [5.41, 5.74) is 0.320. The van der Waals surface area contributed by atoms with Gasteiger partial charge in [0.2, 0.25) is 0 Å². The van der Waals surface area contributed by atoms with E-state index in [9.17, 15) is 13.2 Å². The Morgan fingerprint density at radius 2 is 2.11 bits per heavy atom. The van der Waals surface area contributed by atoms with Crippen molar-refractivity contribution < 1.29 is 22.4 Å². The number of alkyl halides is 4. The lowest BCUT2D eigenvalue weighted by atomic mass is 10.2. The second-order valence-corrected chi connectivity index (χ2v) is 3.49. The molecule has 18 heavy (non-hydrogen) atoms. The van der Waals surface area contributed by atoms with Crippen LogP contribution in [0.3, 0.4) is 0 Å². The molecule has 0 fully saturated rings. The van der Waals surface area contributed by atoms with Crippen LogP contribution in [0, 0.1) is 0 Å². The van der Waals surface area contributed by atoms with Crippen LogP contribution >= 0.6 is 11.6 Å². The Bertz CT molecular complexity index is 542. The molecule has 0 atom stereocenters. The fourth-order valence-corrected chi connectivity index (χ4v) is 1.36. The lowest BCUT2D eigenvalue weighted by molar-refractivity contribution is -0.274. The molecule has 2 rings (SSSR count). The Kier molecular flexibility index (Phi) is 3.42. The van der Waals surface area contributed by atoms with Crippen LogP contribution in [0.4, 0.5) is 13.2 Å². The molecule has 0 aliphatic heterocycles. The zero-order chi connectivity index (χ0) is 13.2. The van der Waals surface area contributed by atoms with Crippen LogP contribution in [0.25, 0.3) is 11.5 Å². The molecular weight excluding hydrogens is 273 g/mol. The van der Waals surface area contributed by atoms with Gasteiger partial charge in [-0.15, -0.1) is 24.8 Å². The van der Waals surface area contributed by atoms with E-state index in [1.807, 2.05) is 0 Å². The molecule has 0 saturated heterocycles. The topological polar surface area (TPSA) is 48.2 Å². The monoisotopic (exact) mass is 278 g/mol. The first-order valence-corrected chi connectivity index (χ1v) is 5.26. The number of halogens is 4. The van der Waals surface area contributed by atoms with Crippen molar-refractivity contribution in [3.05, 3.63) is 30.1 Å². The average Bonchev–Trinajstić information content (AvgIpc) is 2.75. The van der Waals surface area contributed by atoms with Gasteiger partial charge < -0.3 is 9.26 Å². The highest BCUT2D eigenvalue weighted by molar-refractivity contribution is 6.16. The summed E-state index contributed by atoms with van der Waals surface area (Å²) in [6.45, 7) is 0. The van der Waals surface area contributed by atoms with Crippen LogP contribution in [-0.4, -0.2) is 16.5 Å². The largest absolute Gasteiger partial charge is 0.573 e. The van der Waals surface area contributed by atoms with Gasteiger partial charge in [0.25, 0.3) is 5.89 Å². The van der Waals surface area contributed by atoms with Crippen molar-refractivity contribution in [2.24, 2.45) is 0 Å². The van der Waals surface area contributed by atoms with Gasteiger partial charge in [-0.2, -0.15) is 4.98 Å². The molecule has 0 aliphatic rings. The summed E-state index contributed by atoms with van der Waals surface area (Å²) in [7, 11) is 0. The Morgan fingerprint density at radius 1 is 1.33 bits per heavy atom. The third-order valence-corrected chi connectivity index (χ3v) is 2.14. The zero-order valence-corrected chi connectivity index (χ0v) is 9.50. The zero-order valence-electron chi connectivity index (χ0n) is 8.74. The van der Waals surface area contributed by atoms with E-state index < -0.39 is 6.36 Å². The fourth-order valence-electron chi connectivity index (χ4n) is 1.25. The predicted molar refractivity (Wildman–Crippen MR) is 56.0 cm³/mol. The highest BCUT2D eigenvalue weighted by atomic mass is 35.5. The van der Waals surface area contributed by atoms with Crippen molar-refractivity contribution >= 4 is 11.6 Å². The fraction of sp³-hybridized carbons (Fsp3) is 0.200. The minimum absolute atomic E-state index is 0.0578. The number of rotatable bonds is 3. The van der Waals surface area contributed by atoms with Crippen LogP contribution < -0.4 is 4.74 Å². The highest BCUT2D eigenvalue weighted by Gasteiger charge is 2.31. The van der Waals surface area contributed by atoms with E-state index in [4.69, 9.17) is 16.1 Å². The maximum absolute atomic E-state index is 12.0. The smallest absolute Gasteiger partial charge is 0.406 e. The predicted octanol–water partition coefficient (Wildman–Crippen LogP) is 3.37. The van der Waals surface area contributed by atoms with Crippen molar-refractivity contribution in [2.45, 2.75) is 12.2 Å². The molecule has 0 saturated carbocycles. The van der Waals surface area contributed by atoms with Gasteiger partial charge in [-0.3, -0.25) is 0 Å². The van der Waals surface area contributed by atoms with Crippen molar-refractivity contribution in [3.8, 4) is 17.2 Å². The van der Waals surface area contributed by atoms with E-state index in [0.717, 1.165) is 6.07 Å². The van der Waals surface area contributed by atoms with Gasteiger partial charge in [-0.1, -0.05) is 11.2 Å². The normalized spacial score (nSPS) is 11.6. The second-order valence-electron chi connectivity index (χ2n) is 3.23. The van der Waals surface area contributed by atoms with E-state index in [0.29, 0.717) is 5.56 Å². The SMILES string of the molecule is FC(F)(F)Oc1cccc(-c2nc(CCl)no2)c1. The number of benzene rings is 1. The van der Waals surface area contributed by atoms with Crippen LogP contribution in [0.1, 0.15) is 5.82 Å². The molecule has 1 aromatic carbocycles. The molecule has 4 nitrogen and oxygen atoms in total. The average molecular weight is 279 g/mol. The molecule has 96 valence electrons. The number of hydrogen-bond donors (Lipinski definition) is 0. The van der Waals surface area contributed by atoms with Gasteiger partial charge >= 0.3 is 6.36 Å². The molecule has 0 spiro atoms. The number of hydrogen-bond acceptors (Lipinski definition) is 4. The summed E-state index contributed by atoms with van der Waals surface area (Å²) < 4.78 is 44.8. The summed E-state index contributed by atoms with van der Waals surface area (Å²) in [5, 5.41) is 3.53. The second kappa shape index (κ2) is 4.85. The van der Waals surface area contributed by atoms with Crippen molar-refractivity contribution in [2.75, 3.05) is 0 Å². The summed E-state index contributed by atoms with van der Waals surface area (Å²) in [5.74, 6) is 0.0418. The summed E-state index contributed by atoms with van der Waals surface area (Å²) in [6, 6.07) is 5.24. The first-order valence-electron chi connectivity index (χ1n) is 4.72.